The first-order valence-corrected chi connectivity index (χ1v) is 21.2. The fourth-order valence-electron chi connectivity index (χ4n) is 9.48. The lowest BCUT2D eigenvalue weighted by Crippen LogP contribution is -2.00. The van der Waals surface area contributed by atoms with Crippen LogP contribution in [0.15, 0.2) is 217 Å². The summed E-state index contributed by atoms with van der Waals surface area (Å²) < 4.78 is 10.8. The number of rotatable bonds is 6. The first-order chi connectivity index (χ1) is 31.2. The van der Waals surface area contributed by atoms with Crippen LogP contribution in [0.1, 0.15) is 0 Å². The summed E-state index contributed by atoms with van der Waals surface area (Å²) in [7, 11) is 0. The lowest BCUT2D eigenvalue weighted by molar-refractivity contribution is 0.668. The maximum absolute atomic E-state index is 6.15. The Labute approximate surface area is 361 Å². The minimum atomic E-state index is 0.837. The second kappa shape index (κ2) is 14.0. The summed E-state index contributed by atoms with van der Waals surface area (Å²) >= 11 is 0. The van der Waals surface area contributed by atoms with Crippen LogP contribution in [0.2, 0.25) is 0 Å². The van der Waals surface area contributed by atoms with Crippen molar-refractivity contribution >= 4 is 65.6 Å². The summed E-state index contributed by atoms with van der Waals surface area (Å²) in [5, 5.41) is 6.75. The van der Waals surface area contributed by atoms with Gasteiger partial charge in [0.25, 0.3) is 0 Å². The minimum Gasteiger partial charge on any atom is -0.456 e. The van der Waals surface area contributed by atoms with Crippen molar-refractivity contribution in [1.82, 2.24) is 24.1 Å². The van der Waals surface area contributed by atoms with Crippen LogP contribution < -0.4 is 0 Å². The van der Waals surface area contributed by atoms with Crippen LogP contribution in [0.3, 0.4) is 0 Å². The molecule has 0 amide bonds. The van der Waals surface area contributed by atoms with Gasteiger partial charge in [-0.05, 0) is 90.0 Å². The lowest BCUT2D eigenvalue weighted by atomic mass is 10.0. The molecule has 0 saturated carbocycles. The molecule has 0 fully saturated rings. The largest absolute Gasteiger partial charge is 0.456 e. The molecule has 63 heavy (non-hydrogen) atoms. The van der Waals surface area contributed by atoms with E-state index < -0.39 is 0 Å². The normalized spacial score (nSPS) is 11.8. The molecule has 0 unspecified atom stereocenters. The minimum absolute atomic E-state index is 0.837. The molecule has 13 aromatic rings. The Hall–Kier alpha value is -8.61. The molecule has 6 heterocycles. The van der Waals surface area contributed by atoms with Crippen LogP contribution in [0, 0.1) is 0 Å². The molecule has 0 aliphatic carbocycles. The van der Waals surface area contributed by atoms with E-state index in [4.69, 9.17) is 14.4 Å². The van der Waals surface area contributed by atoms with Crippen LogP contribution >= 0.6 is 0 Å². The van der Waals surface area contributed by atoms with E-state index in [1.807, 2.05) is 18.3 Å². The fourth-order valence-corrected chi connectivity index (χ4v) is 9.48. The molecular weight excluding hydrogens is 771 g/mol. The molecule has 6 aromatic heterocycles. The van der Waals surface area contributed by atoms with Crippen LogP contribution in [-0.2, 0) is 0 Å². The average Bonchev–Trinajstić information content (AvgIpc) is 4.01. The number of hydrogen-bond acceptors (Lipinski definition) is 4. The number of furan rings is 1. The number of aromatic nitrogens is 5. The highest BCUT2D eigenvalue weighted by molar-refractivity contribution is 6.12. The zero-order chi connectivity index (χ0) is 41.4. The quantitative estimate of drug-likeness (QED) is 0.168. The molecule has 0 aliphatic rings. The van der Waals surface area contributed by atoms with E-state index in [1.54, 1.807) is 6.20 Å². The molecule has 0 radical (unpaired) electrons. The number of hydrogen-bond donors (Lipinski definition) is 0. The zero-order valence-corrected chi connectivity index (χ0v) is 33.9. The van der Waals surface area contributed by atoms with E-state index in [9.17, 15) is 0 Å². The molecule has 7 aromatic carbocycles. The van der Waals surface area contributed by atoms with Crippen molar-refractivity contribution in [3.8, 4) is 56.4 Å². The number of nitrogens with zero attached hydrogens (tertiary/aromatic N) is 5. The van der Waals surface area contributed by atoms with Crippen molar-refractivity contribution in [2.45, 2.75) is 0 Å². The number of para-hydroxylation sites is 2. The monoisotopic (exact) mass is 805 g/mol. The molecule has 13 rings (SSSR count). The second-order valence-corrected chi connectivity index (χ2v) is 16.1. The Morgan fingerprint density at radius 1 is 0.333 bits per heavy atom. The van der Waals surface area contributed by atoms with Gasteiger partial charge in [-0.1, -0.05) is 121 Å². The standard InChI is InChI=1S/C57H35N5O/c1-3-12-36(13-4-1)40-31-50(37-14-5-2-6-15-37)60-57(33-40)62-52-21-10-7-16-42(52)44-25-22-39(32-54(44)62)49-19-11-18-48(59-49)38-23-26-53-45(30-38)43-17-8-9-20-51(43)61(53)41-24-27-55-46(34-41)47-35-58-29-28-56(47)63-55/h1-35H. The number of benzene rings is 7. The SMILES string of the molecule is c1ccc(-c2cc(-c3ccccc3)nc(-n3c4ccccc4c4ccc(-c5cccc(-c6ccc7c(c6)c6ccccc6n7-c6ccc7oc8ccncc8c7c6)n5)cc43)c2)cc1. The lowest BCUT2D eigenvalue weighted by Gasteiger charge is -2.13. The van der Waals surface area contributed by atoms with Crippen LogP contribution in [0.5, 0.6) is 0 Å². The van der Waals surface area contributed by atoms with E-state index in [0.717, 1.165) is 106 Å². The zero-order valence-electron chi connectivity index (χ0n) is 33.9. The van der Waals surface area contributed by atoms with Crippen molar-refractivity contribution in [3.63, 3.8) is 0 Å². The Morgan fingerprint density at radius 3 is 1.79 bits per heavy atom. The maximum Gasteiger partial charge on any atom is 0.138 e. The predicted octanol–water partition coefficient (Wildman–Crippen LogP) is 14.6. The average molecular weight is 806 g/mol. The third-order valence-electron chi connectivity index (χ3n) is 12.4. The van der Waals surface area contributed by atoms with E-state index >= 15 is 0 Å². The molecule has 0 bridgehead atoms. The van der Waals surface area contributed by atoms with E-state index in [-0.39, 0.29) is 0 Å². The summed E-state index contributed by atoms with van der Waals surface area (Å²) in [5.41, 5.74) is 15.4. The van der Waals surface area contributed by atoms with Gasteiger partial charge in [0.05, 0.1) is 39.1 Å². The highest BCUT2D eigenvalue weighted by Crippen LogP contribution is 2.39. The summed E-state index contributed by atoms with van der Waals surface area (Å²) in [6, 6.07) is 70.7. The van der Waals surface area contributed by atoms with Crippen molar-refractivity contribution in [2.24, 2.45) is 0 Å². The van der Waals surface area contributed by atoms with Gasteiger partial charge in [0.1, 0.15) is 17.0 Å². The Balaban J connectivity index is 0.942. The van der Waals surface area contributed by atoms with Gasteiger partial charge in [-0.15, -0.1) is 0 Å². The van der Waals surface area contributed by atoms with Crippen molar-refractivity contribution in [2.75, 3.05) is 0 Å². The second-order valence-electron chi connectivity index (χ2n) is 16.1. The van der Waals surface area contributed by atoms with Gasteiger partial charge in [-0.3, -0.25) is 9.55 Å². The van der Waals surface area contributed by atoms with Gasteiger partial charge in [0, 0.05) is 67.1 Å². The predicted molar refractivity (Wildman–Crippen MR) is 258 cm³/mol. The van der Waals surface area contributed by atoms with E-state index in [2.05, 4.69) is 202 Å². The Kier molecular flexibility index (Phi) is 7.80. The fraction of sp³-hybridized carbons (Fsp3) is 0. The van der Waals surface area contributed by atoms with Crippen LogP contribution in [0.25, 0.3) is 122 Å². The number of fused-ring (bicyclic) bond motifs is 9. The van der Waals surface area contributed by atoms with Gasteiger partial charge in [0.15, 0.2) is 0 Å². The molecular formula is C57H35N5O. The van der Waals surface area contributed by atoms with Crippen molar-refractivity contribution in [1.29, 1.82) is 0 Å². The summed E-state index contributed by atoms with van der Waals surface area (Å²) in [6.45, 7) is 0. The van der Waals surface area contributed by atoms with Crippen molar-refractivity contribution in [3.05, 3.63) is 213 Å². The van der Waals surface area contributed by atoms with E-state index in [0.29, 0.717) is 0 Å². The summed E-state index contributed by atoms with van der Waals surface area (Å²) in [6.07, 6.45) is 3.65. The van der Waals surface area contributed by atoms with Gasteiger partial charge in [0.2, 0.25) is 0 Å². The highest BCUT2D eigenvalue weighted by Gasteiger charge is 2.19. The van der Waals surface area contributed by atoms with Gasteiger partial charge in [-0.2, -0.15) is 0 Å². The third kappa shape index (κ3) is 5.69. The summed E-state index contributed by atoms with van der Waals surface area (Å²) in [4.78, 5) is 15.1. The number of pyridine rings is 3. The molecule has 0 aliphatic heterocycles. The highest BCUT2D eigenvalue weighted by atomic mass is 16.3. The van der Waals surface area contributed by atoms with Gasteiger partial charge < -0.3 is 8.98 Å². The maximum atomic E-state index is 6.15. The first-order valence-electron chi connectivity index (χ1n) is 21.2. The van der Waals surface area contributed by atoms with E-state index in [1.165, 1.54) is 16.2 Å². The van der Waals surface area contributed by atoms with Crippen LogP contribution in [0.4, 0.5) is 0 Å². The molecule has 0 N–H and O–H groups in total. The molecule has 0 spiro atoms. The Morgan fingerprint density at radius 2 is 0.984 bits per heavy atom. The van der Waals surface area contributed by atoms with Crippen molar-refractivity contribution < 1.29 is 4.42 Å². The molecule has 0 atom stereocenters. The third-order valence-corrected chi connectivity index (χ3v) is 12.4. The van der Waals surface area contributed by atoms with Crippen LogP contribution in [-0.4, -0.2) is 24.1 Å². The summed E-state index contributed by atoms with van der Waals surface area (Å²) in [5.74, 6) is 0.864. The molecule has 294 valence electrons. The first kappa shape index (κ1) is 35.2. The molecule has 0 saturated heterocycles. The topological polar surface area (TPSA) is 61.7 Å². The Bertz CT molecular complexity index is 3860. The molecule has 6 heteroatoms. The molecule has 6 nitrogen and oxygen atoms in total. The van der Waals surface area contributed by atoms with Gasteiger partial charge in [-0.25, -0.2) is 9.97 Å². The van der Waals surface area contributed by atoms with Gasteiger partial charge >= 0.3 is 0 Å². The smallest absolute Gasteiger partial charge is 0.138 e.